The number of nitrogens with one attached hydrogen (secondary N) is 1. The molecule has 1 fully saturated rings. The Morgan fingerprint density at radius 1 is 1.14 bits per heavy atom. The Morgan fingerprint density at radius 3 is 2.57 bits per heavy atom. The molecule has 0 amide bonds. The molecule has 11 nitrogen and oxygen atoms in total. The fourth-order valence-electron chi connectivity index (χ4n) is 5.91. The van der Waals surface area contributed by atoms with Gasteiger partial charge in [-0.1, -0.05) is 42.8 Å². The quantitative estimate of drug-likeness (QED) is 0.220. The van der Waals surface area contributed by atoms with Crippen LogP contribution in [-0.2, 0) is 17.6 Å². The van der Waals surface area contributed by atoms with Crippen LogP contribution >= 0.6 is 11.3 Å². The molecule has 1 aliphatic rings. The average Bonchev–Trinajstić information content (AvgIpc) is 3.76. The number of aliphatic hydroxyl groups is 1. The van der Waals surface area contributed by atoms with E-state index in [2.05, 4.69) is 33.2 Å². The van der Waals surface area contributed by atoms with Crippen LogP contribution in [-0.4, -0.2) is 52.7 Å². The second-order valence-electron chi connectivity index (χ2n) is 11.8. The van der Waals surface area contributed by atoms with E-state index in [1.54, 1.807) is 25.2 Å². The van der Waals surface area contributed by atoms with Gasteiger partial charge in [-0.15, -0.1) is 11.3 Å². The van der Waals surface area contributed by atoms with Crippen LogP contribution in [0.3, 0.4) is 0 Å². The molecular formula is C31H37KN6O5S. The minimum atomic E-state index is -0.871. The van der Waals surface area contributed by atoms with E-state index in [1.165, 1.54) is 6.33 Å². The van der Waals surface area contributed by atoms with Crippen molar-refractivity contribution in [2.75, 3.05) is 6.61 Å². The first-order chi connectivity index (χ1) is 20.7. The van der Waals surface area contributed by atoms with Crippen LogP contribution in [0.4, 0.5) is 0 Å². The summed E-state index contributed by atoms with van der Waals surface area (Å²) in [7, 11) is 0. The number of rotatable bonds is 10. The van der Waals surface area contributed by atoms with Crippen molar-refractivity contribution < 1.29 is 67.2 Å². The van der Waals surface area contributed by atoms with Crippen molar-refractivity contribution in [1.29, 1.82) is 0 Å². The summed E-state index contributed by atoms with van der Waals surface area (Å²) < 4.78 is 14.4. The first kappa shape index (κ1) is 33.1. The Labute approximate surface area is 302 Å². The smallest absolute Gasteiger partial charge is 1.00 e. The Bertz CT molecular complexity index is 1850. The van der Waals surface area contributed by atoms with E-state index in [9.17, 15) is 14.7 Å². The summed E-state index contributed by atoms with van der Waals surface area (Å²) in [5, 5.41) is 18.5. The van der Waals surface area contributed by atoms with Crippen LogP contribution in [0, 0.1) is 0 Å². The number of fused-ring (bicyclic) bond motifs is 1. The topological polar surface area (TPSA) is 141 Å². The number of benzene rings is 1. The van der Waals surface area contributed by atoms with Crippen LogP contribution in [0.1, 0.15) is 76.5 Å². The molecule has 1 aliphatic carbocycles. The molecule has 1 aromatic carbocycles. The molecule has 44 heavy (non-hydrogen) atoms. The number of aryl methyl sites for hydroxylation is 1. The summed E-state index contributed by atoms with van der Waals surface area (Å²) in [6.07, 6.45) is 6.84. The van der Waals surface area contributed by atoms with Gasteiger partial charge in [0, 0.05) is 38.9 Å². The van der Waals surface area contributed by atoms with Gasteiger partial charge >= 0.3 is 57.1 Å². The van der Waals surface area contributed by atoms with Crippen molar-refractivity contribution in [3.05, 3.63) is 79.8 Å². The van der Waals surface area contributed by atoms with Crippen molar-refractivity contribution in [2.45, 2.75) is 83.5 Å². The Balaban J connectivity index is 0.00000230. The number of H-pyrrole nitrogens is 1. The average molecular weight is 645 g/mol. The number of aromatic amines is 1. The largest absolute Gasteiger partial charge is 1.00 e. The molecule has 0 radical (unpaired) electrons. The Morgan fingerprint density at radius 2 is 1.89 bits per heavy atom. The van der Waals surface area contributed by atoms with Gasteiger partial charge in [-0.3, -0.25) is 18.9 Å². The number of aromatic nitrogens is 6. The van der Waals surface area contributed by atoms with Crippen LogP contribution in [0.5, 0.6) is 0 Å². The van der Waals surface area contributed by atoms with E-state index in [-0.39, 0.29) is 77.1 Å². The maximum atomic E-state index is 14.3. The van der Waals surface area contributed by atoms with Gasteiger partial charge in [0.25, 0.3) is 5.56 Å². The van der Waals surface area contributed by atoms with E-state index in [1.807, 2.05) is 39.4 Å². The molecule has 0 bridgehead atoms. The molecule has 4 heterocycles. The van der Waals surface area contributed by atoms with Crippen molar-refractivity contribution in [3.63, 3.8) is 0 Å². The second kappa shape index (κ2) is 14.0. The van der Waals surface area contributed by atoms with Crippen molar-refractivity contribution >= 4 is 17.1 Å². The second-order valence-corrected chi connectivity index (χ2v) is 13.0. The van der Waals surface area contributed by atoms with Gasteiger partial charge in [0.1, 0.15) is 6.33 Å². The van der Waals surface area contributed by atoms with Gasteiger partial charge in [-0.25, -0.2) is 9.31 Å². The summed E-state index contributed by atoms with van der Waals surface area (Å²) in [4.78, 5) is 35.1. The fraction of sp³-hybridized carbons (Fsp3) is 0.452. The van der Waals surface area contributed by atoms with Crippen LogP contribution in [0.2, 0.25) is 0 Å². The summed E-state index contributed by atoms with van der Waals surface area (Å²) in [5.41, 5.74) is 2.44. The third-order valence-corrected chi connectivity index (χ3v) is 9.01. The predicted molar refractivity (Wildman–Crippen MR) is 165 cm³/mol. The molecule has 0 aliphatic heterocycles. The van der Waals surface area contributed by atoms with E-state index in [4.69, 9.17) is 9.26 Å². The molecule has 2 N–H and O–H groups in total. The summed E-state index contributed by atoms with van der Waals surface area (Å²) in [6.45, 7) is 5.87. The van der Waals surface area contributed by atoms with Crippen LogP contribution < -0.4 is 62.7 Å². The first-order valence-corrected chi connectivity index (χ1v) is 15.6. The van der Waals surface area contributed by atoms with Gasteiger partial charge in [0.05, 0.1) is 24.0 Å². The Hall–Kier alpha value is -2.23. The van der Waals surface area contributed by atoms with Crippen molar-refractivity contribution in [3.8, 4) is 21.8 Å². The molecular weight excluding hydrogens is 608 g/mol. The zero-order valence-corrected chi connectivity index (χ0v) is 29.5. The summed E-state index contributed by atoms with van der Waals surface area (Å²) in [6, 6.07) is 11.8. The van der Waals surface area contributed by atoms with E-state index in [0.29, 0.717) is 24.4 Å². The zero-order valence-electron chi connectivity index (χ0n) is 26.6. The maximum Gasteiger partial charge on any atom is 1.00 e. The van der Waals surface area contributed by atoms with Gasteiger partial charge in [0.2, 0.25) is 5.78 Å². The van der Waals surface area contributed by atoms with Gasteiger partial charge in [-0.2, -0.15) is 10.1 Å². The van der Waals surface area contributed by atoms with Crippen molar-refractivity contribution in [2.24, 2.45) is 0 Å². The zero-order chi connectivity index (χ0) is 30.1. The number of hydrogen-bond acceptors (Lipinski definition) is 9. The SMILES string of the molecule is CCCc1c(Cc2ccc(-c3ccccc3-c3noc(=O)[nH]3)s2)c(=O)n(C2CCC(OCC(C)(C)O)CC2)c2ncnn12.[H-].[K+]. The number of nitrogens with zero attached hydrogens (tertiary/aromatic N) is 5. The fourth-order valence-corrected chi connectivity index (χ4v) is 6.97. The molecule has 228 valence electrons. The van der Waals surface area contributed by atoms with Gasteiger partial charge < -0.3 is 11.3 Å². The monoisotopic (exact) mass is 644 g/mol. The van der Waals surface area contributed by atoms with E-state index < -0.39 is 11.4 Å². The molecule has 0 unspecified atom stereocenters. The number of hydrogen-bond donors (Lipinski definition) is 2. The number of thiophene rings is 1. The molecule has 13 heteroatoms. The van der Waals surface area contributed by atoms with Gasteiger partial charge in [0.15, 0.2) is 5.82 Å². The predicted octanol–water partition coefficient (Wildman–Crippen LogP) is 1.89. The van der Waals surface area contributed by atoms with E-state index >= 15 is 0 Å². The molecule has 0 atom stereocenters. The molecule has 5 aromatic rings. The molecule has 0 spiro atoms. The molecule has 4 aromatic heterocycles. The standard InChI is InChI=1S/C31H36N6O5S.K.H/c1-4-7-25-24(16-21-14-15-26(43-21)22-8-5-6-9-23(22)27-34-30(39)42-35-27)28(38)36(29-32-18-33-37(25)29)19-10-12-20(13-11-19)41-17-31(2,3)40;;/h5-6,8-9,14-15,18-20,40H,4,7,10-13,16-17H2,1-3H3,(H,34,35,39);;/q;+1;-1. The molecule has 0 saturated heterocycles. The van der Waals surface area contributed by atoms with Crippen LogP contribution in [0.25, 0.3) is 27.6 Å². The summed E-state index contributed by atoms with van der Waals surface area (Å²) in [5.74, 6) is 0.357. The minimum Gasteiger partial charge on any atom is -1.00 e. The normalized spacial score (nSPS) is 17.2. The minimum absolute atomic E-state index is 0. The third kappa shape index (κ3) is 7.10. The summed E-state index contributed by atoms with van der Waals surface area (Å²) >= 11 is 1.61. The van der Waals surface area contributed by atoms with Gasteiger partial charge in [-0.05, 0) is 58.1 Å². The van der Waals surface area contributed by atoms with E-state index in [0.717, 1.165) is 64.2 Å². The van der Waals surface area contributed by atoms with Crippen molar-refractivity contribution in [1.82, 2.24) is 29.3 Å². The molecule has 1 saturated carbocycles. The third-order valence-electron chi connectivity index (χ3n) is 7.89. The Kier molecular flexibility index (Phi) is 10.6. The van der Waals surface area contributed by atoms with Crippen LogP contribution in [0.15, 0.2) is 56.8 Å². The maximum absolute atomic E-state index is 14.3. The first-order valence-electron chi connectivity index (χ1n) is 14.8. The number of ether oxygens (including phenoxy) is 1. The molecule has 6 rings (SSSR count).